The summed E-state index contributed by atoms with van der Waals surface area (Å²) in [6.07, 6.45) is 10.5. The van der Waals surface area contributed by atoms with E-state index in [0.29, 0.717) is 17.6 Å². The van der Waals surface area contributed by atoms with Gasteiger partial charge in [-0.1, -0.05) is 30.9 Å². The monoisotopic (exact) mass is 390 g/mol. The maximum Gasteiger partial charge on any atom is 0.141 e. The Hall–Kier alpha value is -0.560. The van der Waals surface area contributed by atoms with Gasteiger partial charge in [-0.2, -0.15) is 10.2 Å². The van der Waals surface area contributed by atoms with Gasteiger partial charge in [0, 0.05) is 12.4 Å². The summed E-state index contributed by atoms with van der Waals surface area (Å²) in [5, 5.41) is 9.73. The van der Waals surface area contributed by atoms with E-state index in [-0.39, 0.29) is 0 Å². The molecule has 4 nitrogen and oxygen atoms in total. The molecule has 2 aromatic rings. The second-order valence-corrected chi connectivity index (χ2v) is 6.47. The summed E-state index contributed by atoms with van der Waals surface area (Å²) < 4.78 is 4.81. The molecule has 6 heteroatoms. The van der Waals surface area contributed by atoms with Crippen molar-refractivity contribution in [3.8, 4) is 0 Å². The molecule has 3 rings (SSSR count). The van der Waals surface area contributed by atoms with Gasteiger partial charge in [-0.3, -0.25) is 9.36 Å². The summed E-state index contributed by atoms with van der Waals surface area (Å²) in [7, 11) is 0. The van der Waals surface area contributed by atoms with Gasteiger partial charge < -0.3 is 0 Å². The number of hydrogen-bond acceptors (Lipinski definition) is 2. The Labute approximate surface area is 131 Å². The number of rotatable bonds is 3. The van der Waals surface area contributed by atoms with Gasteiger partial charge in [-0.15, -0.1) is 0 Å². The fourth-order valence-electron chi connectivity index (χ4n) is 2.63. The molecular formula is C13H16ClIN4. The van der Waals surface area contributed by atoms with Gasteiger partial charge >= 0.3 is 0 Å². The lowest BCUT2D eigenvalue weighted by molar-refractivity contribution is 0.327. The standard InChI is InChI=1S/C13H16ClIN4/c14-12-9-18(17-13(12)15)8-10-6-7-19(16-10)11-4-2-1-3-5-11/h6-7,9,11H,1-5,8H2. The first kappa shape index (κ1) is 13.4. The van der Waals surface area contributed by atoms with Gasteiger partial charge in [0.15, 0.2) is 0 Å². The van der Waals surface area contributed by atoms with Gasteiger partial charge in [0.05, 0.1) is 23.3 Å². The Morgan fingerprint density at radius 3 is 2.74 bits per heavy atom. The molecule has 0 aliphatic heterocycles. The van der Waals surface area contributed by atoms with Crippen LogP contribution in [0.2, 0.25) is 5.02 Å². The van der Waals surface area contributed by atoms with E-state index >= 15 is 0 Å². The van der Waals surface area contributed by atoms with Crippen LogP contribution in [0.25, 0.3) is 0 Å². The van der Waals surface area contributed by atoms with E-state index in [4.69, 9.17) is 11.6 Å². The van der Waals surface area contributed by atoms with Crippen LogP contribution in [0.5, 0.6) is 0 Å². The smallest absolute Gasteiger partial charge is 0.141 e. The van der Waals surface area contributed by atoms with Crippen molar-refractivity contribution in [3.63, 3.8) is 0 Å². The molecule has 2 heterocycles. The van der Waals surface area contributed by atoms with Crippen molar-refractivity contribution >= 4 is 34.2 Å². The molecule has 0 saturated heterocycles. The topological polar surface area (TPSA) is 35.6 Å². The lowest BCUT2D eigenvalue weighted by Crippen LogP contribution is -2.13. The quantitative estimate of drug-likeness (QED) is 0.745. The summed E-state index contributed by atoms with van der Waals surface area (Å²) >= 11 is 8.14. The molecule has 1 saturated carbocycles. The summed E-state index contributed by atoms with van der Waals surface area (Å²) in [4.78, 5) is 0. The van der Waals surface area contributed by atoms with Gasteiger partial charge in [-0.25, -0.2) is 0 Å². The molecule has 0 N–H and O–H groups in total. The summed E-state index contributed by atoms with van der Waals surface area (Å²) in [5.74, 6) is 0. The largest absolute Gasteiger partial charge is 0.269 e. The van der Waals surface area contributed by atoms with E-state index < -0.39 is 0 Å². The molecule has 0 radical (unpaired) electrons. The van der Waals surface area contributed by atoms with Crippen molar-refractivity contribution in [1.82, 2.24) is 19.6 Å². The minimum atomic E-state index is 0.587. The third kappa shape index (κ3) is 3.13. The molecule has 0 unspecified atom stereocenters. The van der Waals surface area contributed by atoms with Crippen molar-refractivity contribution < 1.29 is 0 Å². The fraction of sp³-hybridized carbons (Fsp3) is 0.538. The molecule has 0 bridgehead atoms. The van der Waals surface area contributed by atoms with E-state index in [1.807, 2.05) is 10.9 Å². The fourth-order valence-corrected chi connectivity index (χ4v) is 3.20. The SMILES string of the molecule is Clc1cn(Cc2ccn(C3CCCCC3)n2)nc1I. The first-order valence-electron chi connectivity index (χ1n) is 6.65. The van der Waals surface area contributed by atoms with Crippen LogP contribution in [0.1, 0.15) is 43.8 Å². The lowest BCUT2D eigenvalue weighted by Gasteiger charge is -2.21. The molecule has 0 atom stereocenters. The van der Waals surface area contributed by atoms with Gasteiger partial charge in [0.1, 0.15) is 3.70 Å². The van der Waals surface area contributed by atoms with Crippen LogP contribution in [0.3, 0.4) is 0 Å². The van der Waals surface area contributed by atoms with Crippen molar-refractivity contribution in [2.75, 3.05) is 0 Å². The highest BCUT2D eigenvalue weighted by Crippen LogP contribution is 2.27. The van der Waals surface area contributed by atoms with E-state index in [1.165, 1.54) is 32.1 Å². The molecule has 1 fully saturated rings. The minimum Gasteiger partial charge on any atom is -0.269 e. The Bertz CT molecular complexity index is 537. The van der Waals surface area contributed by atoms with Crippen LogP contribution in [-0.4, -0.2) is 19.6 Å². The maximum atomic E-state index is 6.01. The zero-order valence-electron chi connectivity index (χ0n) is 10.6. The predicted octanol–water partition coefficient (Wildman–Crippen LogP) is 3.89. The molecule has 2 aromatic heterocycles. The van der Waals surface area contributed by atoms with E-state index in [2.05, 4.69) is 49.7 Å². The Balaban J connectivity index is 1.70. The van der Waals surface area contributed by atoms with Crippen LogP contribution in [0.4, 0.5) is 0 Å². The Kier molecular flexibility index (Phi) is 4.12. The summed E-state index contributed by atoms with van der Waals surface area (Å²) in [6.45, 7) is 0.683. The van der Waals surface area contributed by atoms with Crippen LogP contribution in [-0.2, 0) is 6.54 Å². The second kappa shape index (κ2) is 5.83. The van der Waals surface area contributed by atoms with Crippen molar-refractivity contribution in [3.05, 3.63) is 32.9 Å². The van der Waals surface area contributed by atoms with Gasteiger partial charge in [-0.05, 0) is 41.5 Å². The molecule has 1 aliphatic carbocycles. The van der Waals surface area contributed by atoms with E-state index in [1.54, 1.807) is 0 Å². The van der Waals surface area contributed by atoms with Crippen molar-refractivity contribution in [2.45, 2.75) is 44.7 Å². The minimum absolute atomic E-state index is 0.587. The molecule has 102 valence electrons. The average Bonchev–Trinajstić information content (AvgIpc) is 2.99. The zero-order valence-corrected chi connectivity index (χ0v) is 13.5. The summed E-state index contributed by atoms with van der Waals surface area (Å²) in [6, 6.07) is 2.67. The first-order chi connectivity index (χ1) is 9.22. The number of aromatic nitrogens is 4. The Morgan fingerprint density at radius 2 is 2.05 bits per heavy atom. The number of nitrogens with zero attached hydrogens (tertiary/aromatic N) is 4. The van der Waals surface area contributed by atoms with Crippen molar-refractivity contribution in [1.29, 1.82) is 0 Å². The van der Waals surface area contributed by atoms with Crippen molar-refractivity contribution in [2.24, 2.45) is 0 Å². The highest BCUT2D eigenvalue weighted by Gasteiger charge is 2.16. The number of halogens is 2. The van der Waals surface area contributed by atoms with Crippen LogP contribution in [0, 0.1) is 3.70 Å². The maximum absolute atomic E-state index is 6.01. The second-order valence-electron chi connectivity index (χ2n) is 5.04. The van der Waals surface area contributed by atoms with E-state index in [0.717, 1.165) is 9.39 Å². The van der Waals surface area contributed by atoms with Crippen LogP contribution < -0.4 is 0 Å². The zero-order chi connectivity index (χ0) is 13.2. The first-order valence-corrected chi connectivity index (χ1v) is 8.10. The normalized spacial score (nSPS) is 16.9. The Morgan fingerprint density at radius 1 is 1.26 bits per heavy atom. The highest BCUT2D eigenvalue weighted by molar-refractivity contribution is 14.1. The highest BCUT2D eigenvalue weighted by atomic mass is 127. The third-order valence-electron chi connectivity index (χ3n) is 3.61. The summed E-state index contributed by atoms with van der Waals surface area (Å²) in [5.41, 5.74) is 1.04. The molecule has 19 heavy (non-hydrogen) atoms. The third-order valence-corrected chi connectivity index (χ3v) is 5.00. The van der Waals surface area contributed by atoms with Crippen LogP contribution >= 0.6 is 34.2 Å². The molecule has 0 amide bonds. The molecule has 1 aliphatic rings. The molecular weight excluding hydrogens is 375 g/mol. The number of hydrogen-bond donors (Lipinski definition) is 0. The van der Waals surface area contributed by atoms with Crippen LogP contribution in [0.15, 0.2) is 18.5 Å². The molecule has 0 aromatic carbocycles. The van der Waals surface area contributed by atoms with Gasteiger partial charge in [0.25, 0.3) is 0 Å². The molecule has 0 spiro atoms. The van der Waals surface area contributed by atoms with Gasteiger partial charge in [0.2, 0.25) is 0 Å². The average molecular weight is 391 g/mol. The van der Waals surface area contributed by atoms with E-state index in [9.17, 15) is 0 Å². The lowest BCUT2D eigenvalue weighted by atomic mass is 9.96. The predicted molar refractivity (Wildman–Crippen MR) is 83.4 cm³/mol.